The fourth-order valence-electron chi connectivity index (χ4n) is 2.22. The van der Waals surface area contributed by atoms with Crippen LogP contribution in [0.2, 0.25) is 0 Å². The number of hydrogen-bond acceptors (Lipinski definition) is 3. The first-order chi connectivity index (χ1) is 11.7. The van der Waals surface area contributed by atoms with Gasteiger partial charge in [-0.3, -0.25) is 14.2 Å². The highest BCUT2D eigenvalue weighted by atomic mass is 19.1. The van der Waals surface area contributed by atoms with E-state index < -0.39 is 28.8 Å². The first-order valence-corrected chi connectivity index (χ1v) is 7.34. The highest BCUT2D eigenvalue weighted by molar-refractivity contribution is 5.91. The van der Waals surface area contributed by atoms with Crippen molar-refractivity contribution in [3.8, 4) is 0 Å². The first-order valence-electron chi connectivity index (χ1n) is 7.34. The number of aryl methyl sites for hydroxylation is 1. The van der Waals surface area contributed by atoms with E-state index in [1.54, 1.807) is 0 Å². The molecule has 1 amide bonds. The average molecular weight is 349 g/mol. The number of likely N-dealkylation sites (N-methyl/N-ethyl adjacent to an activating group) is 1. The van der Waals surface area contributed by atoms with Gasteiger partial charge in [-0.1, -0.05) is 6.07 Å². The fourth-order valence-corrected chi connectivity index (χ4v) is 2.22. The highest BCUT2D eigenvalue weighted by Gasteiger charge is 2.11. The molecule has 8 heteroatoms. The predicted octanol–water partition coefficient (Wildman–Crippen LogP) is 1.03. The Balaban J connectivity index is 2.17. The van der Waals surface area contributed by atoms with Gasteiger partial charge in [0.2, 0.25) is 5.91 Å². The number of benzene rings is 1. The van der Waals surface area contributed by atoms with Gasteiger partial charge in [-0.05, 0) is 12.1 Å². The van der Waals surface area contributed by atoms with Crippen LogP contribution < -0.4 is 11.2 Å². The van der Waals surface area contributed by atoms with Gasteiger partial charge in [0.1, 0.15) is 11.6 Å². The number of carbonyl (C=O) groups is 1. The minimum absolute atomic E-state index is 0.0550. The van der Waals surface area contributed by atoms with Crippen molar-refractivity contribution < 1.29 is 13.6 Å². The van der Waals surface area contributed by atoms with E-state index in [1.165, 1.54) is 48.9 Å². The molecule has 1 heterocycles. The van der Waals surface area contributed by atoms with Crippen molar-refractivity contribution in [3.63, 3.8) is 0 Å². The molecule has 6 nitrogen and oxygen atoms in total. The van der Waals surface area contributed by atoms with Crippen molar-refractivity contribution in [2.75, 3.05) is 7.05 Å². The Morgan fingerprint density at radius 1 is 1.24 bits per heavy atom. The third-order valence-electron chi connectivity index (χ3n) is 3.68. The Bertz CT molecular complexity index is 961. The van der Waals surface area contributed by atoms with Crippen LogP contribution in [-0.4, -0.2) is 27.0 Å². The second kappa shape index (κ2) is 7.25. The number of aromatic nitrogens is 2. The molecule has 0 bridgehead atoms. The Morgan fingerprint density at radius 2 is 1.92 bits per heavy atom. The zero-order valence-electron chi connectivity index (χ0n) is 14.0. The normalized spacial score (nSPS) is 11.1. The lowest BCUT2D eigenvalue weighted by molar-refractivity contribution is -0.125. The average Bonchev–Trinajstić information content (AvgIpc) is 2.57. The number of hydrogen-bond donors (Lipinski definition) is 0. The zero-order valence-corrected chi connectivity index (χ0v) is 14.0. The van der Waals surface area contributed by atoms with Crippen LogP contribution in [0.1, 0.15) is 11.1 Å². The predicted molar refractivity (Wildman–Crippen MR) is 88.8 cm³/mol. The van der Waals surface area contributed by atoms with Gasteiger partial charge in [-0.25, -0.2) is 13.6 Å². The molecule has 0 aliphatic heterocycles. The van der Waals surface area contributed by atoms with E-state index in [2.05, 4.69) is 0 Å². The van der Waals surface area contributed by atoms with Gasteiger partial charge in [-0.15, -0.1) is 0 Å². The summed E-state index contributed by atoms with van der Waals surface area (Å²) in [5, 5.41) is 0. The summed E-state index contributed by atoms with van der Waals surface area (Å²) in [7, 11) is 4.28. The molecule has 0 atom stereocenters. The molecule has 0 N–H and O–H groups in total. The number of amides is 1. The number of nitrogens with zero attached hydrogens (tertiary/aromatic N) is 3. The molecule has 132 valence electrons. The molecule has 0 radical (unpaired) electrons. The first kappa shape index (κ1) is 18.3. The molecule has 0 unspecified atom stereocenters. The highest BCUT2D eigenvalue weighted by Crippen LogP contribution is 2.11. The molecule has 2 rings (SSSR count). The van der Waals surface area contributed by atoms with Crippen molar-refractivity contribution in [3.05, 3.63) is 74.1 Å². The van der Waals surface area contributed by atoms with Gasteiger partial charge in [-0.2, -0.15) is 0 Å². The Labute approximate surface area is 142 Å². The van der Waals surface area contributed by atoms with Crippen LogP contribution in [0.4, 0.5) is 8.78 Å². The van der Waals surface area contributed by atoms with E-state index in [-0.39, 0.29) is 17.7 Å². The molecule has 0 aliphatic rings. The van der Waals surface area contributed by atoms with E-state index in [0.717, 1.165) is 22.8 Å². The molecule has 0 fully saturated rings. The van der Waals surface area contributed by atoms with E-state index in [1.807, 2.05) is 0 Å². The molecule has 0 saturated heterocycles. The van der Waals surface area contributed by atoms with Crippen LogP contribution >= 0.6 is 0 Å². The van der Waals surface area contributed by atoms with Crippen molar-refractivity contribution in [2.45, 2.75) is 6.54 Å². The molecule has 25 heavy (non-hydrogen) atoms. The third kappa shape index (κ3) is 4.09. The summed E-state index contributed by atoms with van der Waals surface area (Å²) in [6.07, 6.45) is 3.78. The maximum Gasteiger partial charge on any atom is 0.330 e. The molecule has 0 saturated carbocycles. The largest absolute Gasteiger partial charge is 0.338 e. The van der Waals surface area contributed by atoms with Crippen LogP contribution in [0.5, 0.6) is 0 Å². The third-order valence-corrected chi connectivity index (χ3v) is 3.68. The smallest absolute Gasteiger partial charge is 0.330 e. The van der Waals surface area contributed by atoms with E-state index in [4.69, 9.17) is 0 Å². The summed E-state index contributed by atoms with van der Waals surface area (Å²) < 4.78 is 28.7. The van der Waals surface area contributed by atoms with Crippen molar-refractivity contribution in [1.82, 2.24) is 14.0 Å². The molecule has 0 spiro atoms. The summed E-state index contributed by atoms with van der Waals surface area (Å²) in [5.41, 5.74) is -0.667. The van der Waals surface area contributed by atoms with E-state index in [0.29, 0.717) is 0 Å². The monoisotopic (exact) mass is 349 g/mol. The lowest BCUT2D eigenvalue weighted by Crippen LogP contribution is -2.37. The molecule has 1 aromatic heterocycles. The van der Waals surface area contributed by atoms with Crippen molar-refractivity contribution in [2.24, 2.45) is 14.1 Å². The zero-order chi connectivity index (χ0) is 18.7. The SMILES string of the molecule is CN(Cc1ccc(F)cc1F)C(=O)/C=C/c1cn(C)c(=O)n(C)c1=O. The van der Waals surface area contributed by atoms with Crippen molar-refractivity contribution in [1.29, 1.82) is 0 Å². The summed E-state index contributed by atoms with van der Waals surface area (Å²) in [5.74, 6) is -1.91. The van der Waals surface area contributed by atoms with Crippen LogP contribution in [0.3, 0.4) is 0 Å². The molecule has 1 aromatic carbocycles. The van der Waals surface area contributed by atoms with E-state index >= 15 is 0 Å². The Hall–Kier alpha value is -3.03. The van der Waals surface area contributed by atoms with Gasteiger partial charge in [0, 0.05) is 51.6 Å². The van der Waals surface area contributed by atoms with Crippen LogP contribution in [-0.2, 0) is 25.4 Å². The molecule has 0 aliphatic carbocycles. The van der Waals surface area contributed by atoms with Crippen molar-refractivity contribution >= 4 is 12.0 Å². The number of halogens is 2. The number of carbonyl (C=O) groups excluding carboxylic acids is 1. The quantitative estimate of drug-likeness (QED) is 0.775. The van der Waals surface area contributed by atoms with Crippen LogP contribution in [0, 0.1) is 11.6 Å². The Morgan fingerprint density at radius 3 is 2.56 bits per heavy atom. The lowest BCUT2D eigenvalue weighted by Gasteiger charge is -2.15. The summed E-state index contributed by atoms with van der Waals surface area (Å²) in [6, 6.07) is 3.12. The van der Waals surface area contributed by atoms with Crippen LogP contribution in [0.25, 0.3) is 6.08 Å². The van der Waals surface area contributed by atoms with E-state index in [9.17, 15) is 23.2 Å². The van der Waals surface area contributed by atoms with Gasteiger partial charge >= 0.3 is 5.69 Å². The second-order valence-electron chi connectivity index (χ2n) is 5.61. The van der Waals surface area contributed by atoms with Gasteiger partial charge in [0.15, 0.2) is 0 Å². The summed E-state index contributed by atoms with van der Waals surface area (Å²) in [6.45, 7) is -0.0550. The minimum Gasteiger partial charge on any atom is -0.338 e. The summed E-state index contributed by atoms with van der Waals surface area (Å²) in [4.78, 5) is 36.9. The topological polar surface area (TPSA) is 64.3 Å². The maximum atomic E-state index is 13.6. The maximum absolute atomic E-state index is 13.6. The van der Waals surface area contributed by atoms with Gasteiger partial charge < -0.3 is 9.47 Å². The number of rotatable bonds is 4. The van der Waals surface area contributed by atoms with Gasteiger partial charge in [0.05, 0.1) is 5.56 Å². The molecular weight excluding hydrogens is 332 g/mol. The van der Waals surface area contributed by atoms with Crippen LogP contribution in [0.15, 0.2) is 40.1 Å². The summed E-state index contributed by atoms with van der Waals surface area (Å²) >= 11 is 0. The molecule has 2 aromatic rings. The minimum atomic E-state index is -0.740. The standard InChI is InChI=1S/C17H17F2N3O3/c1-20(9-11-4-6-13(18)8-14(11)19)15(23)7-5-12-10-21(2)17(25)22(3)16(12)24/h4-8,10H,9H2,1-3H3/b7-5+. The lowest BCUT2D eigenvalue weighted by atomic mass is 10.2. The fraction of sp³-hybridized carbons (Fsp3) is 0.235. The second-order valence-corrected chi connectivity index (χ2v) is 5.61. The van der Waals surface area contributed by atoms with Gasteiger partial charge in [0.25, 0.3) is 5.56 Å². The molecular formula is C17H17F2N3O3. The Kier molecular flexibility index (Phi) is 5.31.